The Morgan fingerprint density at radius 2 is 2.23 bits per heavy atom. The van der Waals surface area contributed by atoms with Crippen molar-refractivity contribution in [1.82, 2.24) is 0 Å². The smallest absolute Gasteiger partial charge is 0.124 e. The minimum absolute atomic E-state index is 0.0000647. The molecule has 3 heteroatoms. The highest BCUT2D eigenvalue weighted by atomic mass is 35.5. The molecule has 1 nitrogen and oxygen atoms in total. The first-order valence-electron chi connectivity index (χ1n) is 3.79. The standard InChI is InChI=1S/C10H8ClFO/c11-10-5-4-9(12)7-8(10)3-1-2-6-13/h4-5,7,13H,2,6H2. The Balaban J connectivity index is 2.89. The van der Waals surface area contributed by atoms with E-state index in [1.807, 2.05) is 0 Å². The van der Waals surface area contributed by atoms with Crippen LogP contribution in [0.1, 0.15) is 12.0 Å². The predicted octanol–water partition coefficient (Wildman–Crippen LogP) is 2.21. The molecule has 0 amide bonds. The van der Waals surface area contributed by atoms with Gasteiger partial charge in [-0.25, -0.2) is 4.39 Å². The molecule has 0 bridgehead atoms. The molecule has 0 aliphatic rings. The first-order valence-corrected chi connectivity index (χ1v) is 4.16. The SMILES string of the molecule is OCCC#Cc1cc(F)ccc1Cl. The fourth-order valence-corrected chi connectivity index (χ4v) is 0.972. The van der Waals surface area contributed by atoms with Gasteiger partial charge in [-0.1, -0.05) is 23.4 Å². The summed E-state index contributed by atoms with van der Waals surface area (Å²) < 4.78 is 12.7. The molecule has 0 aromatic heterocycles. The van der Waals surface area contributed by atoms with Gasteiger partial charge in [-0.05, 0) is 18.2 Å². The zero-order valence-corrected chi connectivity index (χ0v) is 7.61. The van der Waals surface area contributed by atoms with Gasteiger partial charge in [0, 0.05) is 12.0 Å². The summed E-state index contributed by atoms with van der Waals surface area (Å²) in [5.74, 6) is 4.98. The van der Waals surface area contributed by atoms with Gasteiger partial charge in [0.2, 0.25) is 0 Å². The second kappa shape index (κ2) is 4.86. The van der Waals surface area contributed by atoms with Crippen LogP contribution in [-0.2, 0) is 0 Å². The Morgan fingerprint density at radius 1 is 1.46 bits per heavy atom. The lowest BCUT2D eigenvalue weighted by molar-refractivity contribution is 0.305. The fourth-order valence-electron chi connectivity index (χ4n) is 0.807. The van der Waals surface area contributed by atoms with E-state index in [0.29, 0.717) is 17.0 Å². The minimum atomic E-state index is -0.363. The first kappa shape index (κ1) is 10.0. The molecule has 1 rings (SSSR count). The summed E-state index contributed by atoms with van der Waals surface area (Å²) in [6.07, 6.45) is 0.368. The van der Waals surface area contributed by atoms with Crippen LogP contribution in [0.4, 0.5) is 4.39 Å². The predicted molar refractivity (Wildman–Crippen MR) is 50.0 cm³/mol. The van der Waals surface area contributed by atoms with Crippen LogP contribution in [0.25, 0.3) is 0 Å². The molecule has 0 radical (unpaired) electrons. The molecule has 0 saturated heterocycles. The Morgan fingerprint density at radius 3 is 2.92 bits per heavy atom. The second-order valence-electron chi connectivity index (χ2n) is 2.40. The van der Waals surface area contributed by atoms with Crippen LogP contribution >= 0.6 is 11.6 Å². The highest BCUT2D eigenvalue weighted by Gasteiger charge is 1.97. The number of benzene rings is 1. The molecule has 1 aromatic carbocycles. The van der Waals surface area contributed by atoms with Gasteiger partial charge >= 0.3 is 0 Å². The molecule has 0 saturated carbocycles. The van der Waals surface area contributed by atoms with Crippen molar-refractivity contribution in [2.75, 3.05) is 6.61 Å². The third-order valence-corrected chi connectivity index (χ3v) is 1.72. The summed E-state index contributed by atoms with van der Waals surface area (Å²) in [6.45, 7) is -0.0000647. The molecule has 0 aliphatic heterocycles. The summed E-state index contributed by atoms with van der Waals surface area (Å²) in [7, 11) is 0. The Kier molecular flexibility index (Phi) is 3.75. The number of halogens is 2. The monoisotopic (exact) mass is 198 g/mol. The van der Waals surface area contributed by atoms with E-state index in [2.05, 4.69) is 11.8 Å². The summed E-state index contributed by atoms with van der Waals surface area (Å²) in [5, 5.41) is 8.88. The van der Waals surface area contributed by atoms with Crippen LogP contribution in [0, 0.1) is 17.7 Å². The van der Waals surface area contributed by atoms with Crippen LogP contribution in [0.5, 0.6) is 0 Å². The van der Waals surface area contributed by atoms with Crippen molar-refractivity contribution in [3.63, 3.8) is 0 Å². The molecule has 0 fully saturated rings. The molecular weight excluding hydrogens is 191 g/mol. The average molecular weight is 199 g/mol. The maximum absolute atomic E-state index is 12.7. The van der Waals surface area contributed by atoms with Crippen molar-refractivity contribution in [2.24, 2.45) is 0 Å². The summed E-state index contributed by atoms with van der Waals surface area (Å²) in [5.41, 5.74) is 0.454. The van der Waals surface area contributed by atoms with Crippen molar-refractivity contribution in [1.29, 1.82) is 0 Å². The zero-order chi connectivity index (χ0) is 9.68. The Hall–Kier alpha value is -1.04. The van der Waals surface area contributed by atoms with Crippen LogP contribution < -0.4 is 0 Å². The molecule has 1 aromatic rings. The number of hydrogen-bond acceptors (Lipinski definition) is 1. The lowest BCUT2D eigenvalue weighted by Gasteiger charge is -1.94. The highest BCUT2D eigenvalue weighted by molar-refractivity contribution is 6.31. The van der Waals surface area contributed by atoms with E-state index in [9.17, 15) is 4.39 Å². The van der Waals surface area contributed by atoms with E-state index in [1.165, 1.54) is 18.2 Å². The molecule has 0 unspecified atom stereocenters. The Bertz CT molecular complexity index is 352. The molecule has 1 N–H and O–H groups in total. The van der Waals surface area contributed by atoms with Crippen molar-refractivity contribution in [2.45, 2.75) is 6.42 Å². The van der Waals surface area contributed by atoms with E-state index >= 15 is 0 Å². The van der Waals surface area contributed by atoms with E-state index < -0.39 is 0 Å². The molecule has 0 spiro atoms. The van der Waals surface area contributed by atoms with Gasteiger partial charge in [-0.2, -0.15) is 0 Å². The topological polar surface area (TPSA) is 20.2 Å². The fraction of sp³-hybridized carbons (Fsp3) is 0.200. The van der Waals surface area contributed by atoms with Gasteiger partial charge < -0.3 is 5.11 Å². The molecule has 0 atom stereocenters. The largest absolute Gasteiger partial charge is 0.395 e. The van der Waals surface area contributed by atoms with Crippen molar-refractivity contribution in [3.05, 3.63) is 34.6 Å². The third kappa shape index (κ3) is 3.06. The van der Waals surface area contributed by atoms with Crippen LogP contribution in [0.3, 0.4) is 0 Å². The number of aliphatic hydroxyl groups is 1. The molecular formula is C10H8ClFO. The average Bonchev–Trinajstić information content (AvgIpc) is 2.11. The highest BCUT2D eigenvalue weighted by Crippen LogP contribution is 2.15. The Labute approximate surface area is 81.2 Å². The van der Waals surface area contributed by atoms with Crippen LogP contribution in [0.15, 0.2) is 18.2 Å². The first-order chi connectivity index (χ1) is 6.24. The summed E-state index contributed by atoms with van der Waals surface area (Å²) in [4.78, 5) is 0. The second-order valence-corrected chi connectivity index (χ2v) is 2.81. The molecule has 0 heterocycles. The number of rotatable bonds is 1. The van der Waals surface area contributed by atoms with Gasteiger partial charge in [-0.15, -0.1) is 0 Å². The van der Waals surface area contributed by atoms with Gasteiger partial charge in [-0.3, -0.25) is 0 Å². The molecule has 0 aliphatic carbocycles. The van der Waals surface area contributed by atoms with Crippen LogP contribution in [0.2, 0.25) is 5.02 Å². The molecule has 13 heavy (non-hydrogen) atoms. The number of aliphatic hydroxyl groups excluding tert-OH is 1. The van der Waals surface area contributed by atoms with Crippen LogP contribution in [-0.4, -0.2) is 11.7 Å². The van der Waals surface area contributed by atoms with Gasteiger partial charge in [0.05, 0.1) is 11.6 Å². The van der Waals surface area contributed by atoms with Gasteiger partial charge in [0.1, 0.15) is 5.82 Å². The lowest BCUT2D eigenvalue weighted by atomic mass is 10.2. The van der Waals surface area contributed by atoms with E-state index in [4.69, 9.17) is 16.7 Å². The van der Waals surface area contributed by atoms with Gasteiger partial charge in [0.15, 0.2) is 0 Å². The van der Waals surface area contributed by atoms with E-state index in [1.54, 1.807) is 0 Å². The summed E-state index contributed by atoms with van der Waals surface area (Å²) >= 11 is 5.74. The zero-order valence-electron chi connectivity index (χ0n) is 6.85. The molecule has 68 valence electrons. The minimum Gasteiger partial charge on any atom is -0.395 e. The third-order valence-electron chi connectivity index (χ3n) is 1.39. The normalized spacial score (nSPS) is 9.15. The van der Waals surface area contributed by atoms with Crippen molar-refractivity contribution >= 4 is 11.6 Å². The van der Waals surface area contributed by atoms with Crippen molar-refractivity contribution < 1.29 is 9.50 Å². The quantitative estimate of drug-likeness (QED) is 0.686. The summed E-state index contributed by atoms with van der Waals surface area (Å²) in [6, 6.07) is 4.01. The maximum atomic E-state index is 12.7. The maximum Gasteiger partial charge on any atom is 0.124 e. The van der Waals surface area contributed by atoms with Crippen molar-refractivity contribution in [3.8, 4) is 11.8 Å². The van der Waals surface area contributed by atoms with Gasteiger partial charge in [0.25, 0.3) is 0 Å². The number of hydrogen-bond donors (Lipinski definition) is 1. The van der Waals surface area contributed by atoms with E-state index in [-0.39, 0.29) is 12.4 Å². The van der Waals surface area contributed by atoms with E-state index in [0.717, 1.165) is 0 Å². The lowest BCUT2D eigenvalue weighted by Crippen LogP contribution is -1.81.